The maximum absolute atomic E-state index is 10.2. The summed E-state index contributed by atoms with van der Waals surface area (Å²) in [6.45, 7) is 4.08. The van der Waals surface area contributed by atoms with E-state index in [1.807, 2.05) is 42.8 Å². The Morgan fingerprint density at radius 2 is 1.95 bits per heavy atom. The van der Waals surface area contributed by atoms with Gasteiger partial charge in [-0.1, -0.05) is 12.1 Å². The van der Waals surface area contributed by atoms with Gasteiger partial charge in [0.15, 0.2) is 0 Å². The molecule has 5 heteroatoms. The molecule has 0 aliphatic rings. The first-order valence-corrected chi connectivity index (χ1v) is 6.32. The summed E-state index contributed by atoms with van der Waals surface area (Å²) in [5.41, 5.74) is 0.846. The zero-order chi connectivity index (χ0) is 13.8. The number of methoxy groups -OCH3 is 1. The summed E-state index contributed by atoms with van der Waals surface area (Å²) in [6.07, 6.45) is 1.38. The van der Waals surface area contributed by atoms with Crippen LogP contribution in [0.4, 0.5) is 0 Å². The highest BCUT2D eigenvalue weighted by molar-refractivity contribution is 5.28. The first kappa shape index (κ1) is 13.5. The molecule has 0 aliphatic heterocycles. The van der Waals surface area contributed by atoms with Crippen molar-refractivity contribution in [1.29, 1.82) is 0 Å². The summed E-state index contributed by atoms with van der Waals surface area (Å²) >= 11 is 0. The van der Waals surface area contributed by atoms with E-state index in [-0.39, 0.29) is 6.04 Å². The van der Waals surface area contributed by atoms with Crippen LogP contribution >= 0.6 is 0 Å². The Kier molecular flexibility index (Phi) is 4.16. The first-order chi connectivity index (χ1) is 9.11. The normalized spacial score (nSPS) is 12.7. The van der Waals surface area contributed by atoms with E-state index < -0.39 is 6.10 Å². The maximum atomic E-state index is 10.2. The molecule has 1 atom stereocenters. The third-order valence-corrected chi connectivity index (χ3v) is 3.01. The molecule has 5 nitrogen and oxygen atoms in total. The van der Waals surface area contributed by atoms with Gasteiger partial charge in [0, 0.05) is 12.5 Å². The Hall–Kier alpha value is -1.88. The van der Waals surface area contributed by atoms with E-state index in [2.05, 4.69) is 10.1 Å². The van der Waals surface area contributed by atoms with E-state index in [0.717, 1.165) is 17.1 Å². The topological polar surface area (TPSA) is 60.2 Å². The Morgan fingerprint density at radius 3 is 2.53 bits per heavy atom. The molecule has 2 aromatic rings. The molecule has 0 saturated heterocycles. The first-order valence-electron chi connectivity index (χ1n) is 6.32. The summed E-state index contributed by atoms with van der Waals surface area (Å²) in [6, 6.07) is 7.64. The number of aromatic nitrogens is 3. The van der Waals surface area contributed by atoms with E-state index in [1.165, 1.54) is 6.33 Å². The number of hydrogen-bond donors (Lipinski definition) is 1. The van der Waals surface area contributed by atoms with Crippen LogP contribution in [0.2, 0.25) is 0 Å². The average Bonchev–Trinajstić information content (AvgIpc) is 2.87. The third kappa shape index (κ3) is 3.12. The molecule has 0 bridgehead atoms. The lowest BCUT2D eigenvalue weighted by Gasteiger charge is -2.13. The minimum atomic E-state index is -0.590. The van der Waals surface area contributed by atoms with Crippen LogP contribution in [0.5, 0.6) is 5.75 Å². The van der Waals surface area contributed by atoms with Crippen LogP contribution in [-0.2, 0) is 6.42 Å². The molecular formula is C14H19N3O2. The lowest BCUT2D eigenvalue weighted by Crippen LogP contribution is -2.12. The lowest BCUT2D eigenvalue weighted by atomic mass is 10.1. The number of aliphatic hydroxyl groups excluding tert-OH is 1. The van der Waals surface area contributed by atoms with Gasteiger partial charge in [-0.25, -0.2) is 9.67 Å². The highest BCUT2D eigenvalue weighted by atomic mass is 16.5. The summed E-state index contributed by atoms with van der Waals surface area (Å²) < 4.78 is 6.92. The van der Waals surface area contributed by atoms with E-state index in [4.69, 9.17) is 4.74 Å². The van der Waals surface area contributed by atoms with E-state index in [0.29, 0.717) is 6.42 Å². The largest absolute Gasteiger partial charge is 0.497 e. The fourth-order valence-corrected chi connectivity index (χ4v) is 1.97. The predicted octanol–water partition coefficient (Wildman–Crippen LogP) is 2.14. The van der Waals surface area contributed by atoms with Crippen LogP contribution in [-0.4, -0.2) is 27.0 Å². The minimum absolute atomic E-state index is 0.237. The molecule has 2 rings (SSSR count). The highest BCUT2D eigenvalue weighted by Crippen LogP contribution is 2.21. The molecule has 1 N–H and O–H groups in total. The molecule has 19 heavy (non-hydrogen) atoms. The van der Waals surface area contributed by atoms with Crippen molar-refractivity contribution in [3.05, 3.63) is 42.0 Å². The van der Waals surface area contributed by atoms with Gasteiger partial charge in [-0.15, -0.1) is 0 Å². The fourth-order valence-electron chi connectivity index (χ4n) is 1.97. The quantitative estimate of drug-likeness (QED) is 0.895. The van der Waals surface area contributed by atoms with E-state index >= 15 is 0 Å². The number of ether oxygens (including phenoxy) is 1. The number of benzene rings is 1. The van der Waals surface area contributed by atoms with Gasteiger partial charge < -0.3 is 9.84 Å². The van der Waals surface area contributed by atoms with Crippen LogP contribution < -0.4 is 4.74 Å². The van der Waals surface area contributed by atoms with Crippen LogP contribution in [0.25, 0.3) is 0 Å². The van der Waals surface area contributed by atoms with Gasteiger partial charge in [-0.2, -0.15) is 5.10 Å². The molecule has 0 spiro atoms. The van der Waals surface area contributed by atoms with Gasteiger partial charge in [0.05, 0.1) is 13.2 Å². The monoisotopic (exact) mass is 261 g/mol. The van der Waals surface area contributed by atoms with Crippen LogP contribution in [0.15, 0.2) is 30.6 Å². The minimum Gasteiger partial charge on any atom is -0.497 e. The zero-order valence-electron chi connectivity index (χ0n) is 11.4. The van der Waals surface area contributed by atoms with Crippen LogP contribution in [0, 0.1) is 0 Å². The number of aliphatic hydroxyl groups is 1. The fraction of sp³-hybridized carbons (Fsp3) is 0.429. The van der Waals surface area contributed by atoms with Crippen molar-refractivity contribution in [3.8, 4) is 5.75 Å². The van der Waals surface area contributed by atoms with E-state index in [1.54, 1.807) is 7.11 Å². The molecule has 0 amide bonds. The van der Waals surface area contributed by atoms with Gasteiger partial charge >= 0.3 is 0 Å². The van der Waals surface area contributed by atoms with Gasteiger partial charge in [-0.3, -0.25) is 0 Å². The van der Waals surface area contributed by atoms with Crippen molar-refractivity contribution in [2.45, 2.75) is 32.4 Å². The Morgan fingerprint density at radius 1 is 1.26 bits per heavy atom. The Bertz CT molecular complexity index is 520. The van der Waals surface area contributed by atoms with Crippen molar-refractivity contribution >= 4 is 0 Å². The van der Waals surface area contributed by atoms with Gasteiger partial charge in [-0.05, 0) is 31.5 Å². The predicted molar refractivity (Wildman–Crippen MR) is 72.1 cm³/mol. The molecule has 0 aliphatic carbocycles. The van der Waals surface area contributed by atoms with Gasteiger partial charge in [0.2, 0.25) is 0 Å². The van der Waals surface area contributed by atoms with Crippen LogP contribution in [0.1, 0.15) is 37.4 Å². The van der Waals surface area contributed by atoms with Crippen molar-refractivity contribution in [1.82, 2.24) is 14.8 Å². The second kappa shape index (κ2) is 5.84. The average molecular weight is 261 g/mol. The van der Waals surface area contributed by atoms with Crippen LogP contribution in [0.3, 0.4) is 0 Å². The number of hydrogen-bond acceptors (Lipinski definition) is 4. The summed E-state index contributed by atoms with van der Waals surface area (Å²) in [5, 5.41) is 14.4. The second-order valence-electron chi connectivity index (χ2n) is 4.71. The standard InChI is InChI=1S/C14H19N3O2/c1-10(2)17-14(15-9-16-17)8-13(18)11-4-6-12(19-3)7-5-11/h4-7,9-10,13,18H,8H2,1-3H3. The Labute approximate surface area is 112 Å². The summed E-state index contributed by atoms with van der Waals surface area (Å²) in [7, 11) is 1.62. The second-order valence-corrected chi connectivity index (χ2v) is 4.71. The highest BCUT2D eigenvalue weighted by Gasteiger charge is 2.14. The Balaban J connectivity index is 2.11. The van der Waals surface area contributed by atoms with Gasteiger partial charge in [0.1, 0.15) is 17.9 Å². The molecule has 1 aromatic heterocycles. The molecule has 102 valence electrons. The SMILES string of the molecule is COc1ccc(C(O)Cc2ncnn2C(C)C)cc1. The van der Waals surface area contributed by atoms with E-state index in [9.17, 15) is 5.11 Å². The maximum Gasteiger partial charge on any atom is 0.138 e. The number of rotatable bonds is 5. The number of nitrogens with zero attached hydrogens (tertiary/aromatic N) is 3. The van der Waals surface area contributed by atoms with Crippen molar-refractivity contribution in [3.63, 3.8) is 0 Å². The molecule has 0 saturated carbocycles. The lowest BCUT2D eigenvalue weighted by molar-refractivity contribution is 0.173. The molecule has 1 aromatic carbocycles. The van der Waals surface area contributed by atoms with Crippen molar-refractivity contribution in [2.75, 3.05) is 7.11 Å². The third-order valence-electron chi connectivity index (χ3n) is 3.01. The molecule has 0 radical (unpaired) electrons. The molecule has 1 heterocycles. The summed E-state index contributed by atoms with van der Waals surface area (Å²) in [4.78, 5) is 4.20. The smallest absolute Gasteiger partial charge is 0.138 e. The van der Waals surface area contributed by atoms with Gasteiger partial charge in [0.25, 0.3) is 0 Å². The molecular weight excluding hydrogens is 242 g/mol. The summed E-state index contributed by atoms with van der Waals surface area (Å²) in [5.74, 6) is 1.57. The van der Waals surface area contributed by atoms with Crippen molar-refractivity contribution < 1.29 is 9.84 Å². The van der Waals surface area contributed by atoms with Crippen molar-refractivity contribution in [2.24, 2.45) is 0 Å². The molecule has 0 fully saturated rings. The molecule has 1 unspecified atom stereocenters. The zero-order valence-corrected chi connectivity index (χ0v) is 11.4.